The zero-order valence-electron chi connectivity index (χ0n) is 19.7. The summed E-state index contributed by atoms with van der Waals surface area (Å²) in [6.07, 6.45) is 1.93. The van der Waals surface area contributed by atoms with Crippen molar-refractivity contribution >= 4 is 38.1 Å². The van der Waals surface area contributed by atoms with Gasteiger partial charge in [0.15, 0.2) is 9.84 Å². The van der Waals surface area contributed by atoms with Gasteiger partial charge in [-0.05, 0) is 79.2 Å². The summed E-state index contributed by atoms with van der Waals surface area (Å²) in [7, 11) is -1.67. The highest BCUT2D eigenvalue weighted by Crippen LogP contribution is 2.40. The second kappa shape index (κ2) is 9.02. The van der Waals surface area contributed by atoms with Gasteiger partial charge in [-0.3, -0.25) is 0 Å². The van der Waals surface area contributed by atoms with Gasteiger partial charge in [-0.1, -0.05) is 29.8 Å². The van der Waals surface area contributed by atoms with E-state index < -0.39 is 9.84 Å². The number of rotatable bonds is 4. The maximum absolute atomic E-state index is 12.2. The highest BCUT2D eigenvalue weighted by atomic mass is 32.2. The molecule has 4 aromatic rings. The molecule has 1 N–H and O–H groups in total. The van der Waals surface area contributed by atoms with E-state index in [0.29, 0.717) is 28.8 Å². The number of aromatic amines is 1. The van der Waals surface area contributed by atoms with Crippen molar-refractivity contribution in [1.82, 2.24) is 9.88 Å². The van der Waals surface area contributed by atoms with E-state index in [-0.39, 0.29) is 7.47 Å². The zero-order chi connectivity index (χ0) is 24.7. The van der Waals surface area contributed by atoms with Crippen LogP contribution in [-0.2, 0) is 16.3 Å². The lowest BCUT2D eigenvalue weighted by Gasteiger charge is -2.37. The minimum atomic E-state index is -3.31. The largest absolute Gasteiger partial charge is 0.497 e. The number of nitrogens with zero attached hydrogens (tertiary/aromatic N) is 1. The summed E-state index contributed by atoms with van der Waals surface area (Å²) in [4.78, 5) is 5.93. The predicted octanol–water partition coefficient (Wildman–Crippen LogP) is 5.45. The van der Waals surface area contributed by atoms with Crippen LogP contribution in [0.25, 0.3) is 10.9 Å². The molecule has 35 heavy (non-hydrogen) atoms. The molecule has 0 amide bonds. The monoisotopic (exact) mass is 508 g/mol. The summed E-state index contributed by atoms with van der Waals surface area (Å²) in [5.74, 6) is 1.46. The number of hydrogen-bond donors (Lipinski definition) is 1. The molecule has 182 valence electrons. The number of methoxy groups -OCH3 is 1. The average molecular weight is 509 g/mol. The van der Waals surface area contributed by atoms with Gasteiger partial charge >= 0.3 is 0 Å². The third-order valence-electron chi connectivity index (χ3n) is 6.42. The van der Waals surface area contributed by atoms with Crippen LogP contribution in [0, 0.1) is 6.92 Å². The van der Waals surface area contributed by atoms with Crippen LogP contribution < -0.4 is 9.47 Å². The molecule has 1 atom stereocenters. The Bertz CT molecular complexity index is 1510. The Hall–Kier alpha value is -3.36. The number of H-pyrrole nitrogens is 1. The molecule has 0 radical (unpaired) electrons. The smallest absolute Gasteiger partial charge is 0.265 e. The summed E-state index contributed by atoms with van der Waals surface area (Å²) in [6, 6.07) is 20.7. The van der Waals surface area contributed by atoms with Gasteiger partial charge in [0.25, 0.3) is 5.17 Å². The number of benzene rings is 3. The molecule has 1 aliphatic heterocycles. The number of hydrogen-bond acceptors (Lipinski definition) is 5. The quantitative estimate of drug-likeness (QED) is 0.370. The topological polar surface area (TPSA) is 71.6 Å². The van der Waals surface area contributed by atoms with Crippen molar-refractivity contribution < 1.29 is 19.3 Å². The Morgan fingerprint density at radius 2 is 1.74 bits per heavy atom. The number of aromatic nitrogens is 1. The van der Waals surface area contributed by atoms with Crippen molar-refractivity contribution in [2.24, 2.45) is 0 Å². The molecule has 0 bridgehead atoms. The molecule has 0 saturated carbocycles. The van der Waals surface area contributed by atoms with E-state index in [1.165, 1.54) is 6.26 Å². The second-order valence-corrected chi connectivity index (χ2v) is 11.2. The molecule has 1 unspecified atom stereocenters. The van der Waals surface area contributed by atoms with Crippen LogP contribution >= 0.6 is 12.2 Å². The zero-order valence-corrected chi connectivity index (χ0v) is 21.4. The van der Waals surface area contributed by atoms with Gasteiger partial charge in [0.1, 0.15) is 11.5 Å². The summed E-state index contributed by atoms with van der Waals surface area (Å²) in [5.41, 5.74) is 5.15. The van der Waals surface area contributed by atoms with E-state index in [9.17, 15) is 8.42 Å². The molecule has 5 rings (SSSR count). The lowest BCUT2D eigenvalue weighted by molar-refractivity contribution is 0.289. The molecule has 0 fully saturated rings. The number of aryl methyl sites for hydroxylation is 1. The lowest BCUT2D eigenvalue weighted by Crippen LogP contribution is -2.42. The lowest BCUT2D eigenvalue weighted by atomic mass is 9.93. The average Bonchev–Trinajstić information content (AvgIpc) is 3.22. The Kier molecular flexibility index (Phi) is 6.02. The Balaban J connectivity index is 0.00000304. The molecular weight excluding hydrogens is 480 g/mol. The van der Waals surface area contributed by atoms with Crippen LogP contribution in [0.15, 0.2) is 71.6 Å². The number of ether oxygens (including phenoxy) is 2. The predicted molar refractivity (Wildman–Crippen MR) is 143 cm³/mol. The number of nitrogens with one attached hydrogen (secondary N) is 1. The van der Waals surface area contributed by atoms with E-state index in [1.807, 2.05) is 61.5 Å². The van der Waals surface area contributed by atoms with E-state index in [0.717, 1.165) is 39.0 Å². The maximum Gasteiger partial charge on any atom is 0.265 e. The first-order chi connectivity index (χ1) is 16.7. The Labute approximate surface area is 211 Å². The highest BCUT2D eigenvalue weighted by Gasteiger charge is 2.34. The molecular formula is C27H28N2O4S2. The molecule has 8 heteroatoms. The summed E-state index contributed by atoms with van der Waals surface area (Å²) in [5, 5.41) is 1.31. The van der Waals surface area contributed by atoms with E-state index >= 15 is 0 Å². The number of thiocarbonyl (C=S) groups is 1. The van der Waals surface area contributed by atoms with Crippen LogP contribution in [0.4, 0.5) is 0 Å². The minimum Gasteiger partial charge on any atom is -0.497 e. The first-order valence-electron chi connectivity index (χ1n) is 11.3. The SMILES string of the molecule is COc1ccc(C2c3[nH]c4ccc(S(C)(=O)=O)cc4c3CCN2C(=S)Oc2ccc(C)cc2)cc1.[HH]. The standard InChI is InChI=1S/C27H26N2O4S2.H2/c1-17-4-8-20(9-5-17)33-27(34)29-15-14-22-23-16-21(35(3,30)31)12-13-24(23)28-25(22)26(29)18-6-10-19(32-2)11-7-18;/h4-13,16,26,28H,14-15H2,1-3H3;1H. The van der Waals surface area contributed by atoms with Crippen molar-refractivity contribution in [3.8, 4) is 11.5 Å². The van der Waals surface area contributed by atoms with Crippen molar-refractivity contribution in [3.05, 3.63) is 89.1 Å². The fourth-order valence-corrected chi connectivity index (χ4v) is 5.53. The van der Waals surface area contributed by atoms with Crippen molar-refractivity contribution in [2.45, 2.75) is 24.3 Å². The van der Waals surface area contributed by atoms with Crippen LogP contribution in [-0.4, -0.2) is 43.4 Å². The molecule has 1 aromatic heterocycles. The molecule has 0 spiro atoms. The molecule has 3 aromatic carbocycles. The molecule has 6 nitrogen and oxygen atoms in total. The fourth-order valence-electron chi connectivity index (χ4n) is 4.59. The maximum atomic E-state index is 12.2. The number of fused-ring (bicyclic) bond motifs is 3. The van der Waals surface area contributed by atoms with E-state index in [2.05, 4.69) is 9.88 Å². The van der Waals surface area contributed by atoms with E-state index in [1.54, 1.807) is 19.2 Å². The number of sulfone groups is 1. The van der Waals surface area contributed by atoms with Crippen LogP contribution in [0.1, 0.15) is 29.9 Å². The van der Waals surface area contributed by atoms with Gasteiger partial charge in [0.2, 0.25) is 0 Å². The molecule has 0 aliphatic carbocycles. The highest BCUT2D eigenvalue weighted by molar-refractivity contribution is 7.90. The second-order valence-electron chi connectivity index (χ2n) is 8.80. The third-order valence-corrected chi connectivity index (χ3v) is 7.85. The van der Waals surface area contributed by atoms with Crippen molar-refractivity contribution in [1.29, 1.82) is 0 Å². The van der Waals surface area contributed by atoms with Crippen molar-refractivity contribution in [3.63, 3.8) is 0 Å². The van der Waals surface area contributed by atoms with Crippen molar-refractivity contribution in [2.75, 3.05) is 19.9 Å². The van der Waals surface area contributed by atoms with Gasteiger partial charge in [-0.2, -0.15) is 0 Å². The first-order valence-corrected chi connectivity index (χ1v) is 13.6. The normalized spacial score (nSPS) is 15.6. The van der Waals surface area contributed by atoms with Crippen LogP contribution in [0.2, 0.25) is 0 Å². The van der Waals surface area contributed by atoms with Gasteiger partial charge in [-0.15, -0.1) is 0 Å². The summed E-state index contributed by atoms with van der Waals surface area (Å²) >= 11 is 5.78. The Morgan fingerprint density at radius 1 is 1.06 bits per heavy atom. The Morgan fingerprint density at radius 3 is 2.40 bits per heavy atom. The first kappa shape index (κ1) is 23.4. The summed E-state index contributed by atoms with van der Waals surface area (Å²) < 4.78 is 35.8. The molecule has 2 heterocycles. The van der Waals surface area contributed by atoms with Gasteiger partial charge in [0, 0.05) is 30.8 Å². The van der Waals surface area contributed by atoms with Crippen LogP contribution in [0.3, 0.4) is 0 Å². The fraction of sp³-hybridized carbons (Fsp3) is 0.222. The summed E-state index contributed by atoms with van der Waals surface area (Å²) in [6.45, 7) is 2.66. The van der Waals surface area contributed by atoms with Gasteiger partial charge in [0.05, 0.1) is 18.0 Å². The molecule has 0 saturated heterocycles. The third kappa shape index (κ3) is 4.51. The van der Waals surface area contributed by atoms with Crippen LogP contribution in [0.5, 0.6) is 11.5 Å². The van der Waals surface area contributed by atoms with Gasteiger partial charge < -0.3 is 19.4 Å². The minimum absolute atomic E-state index is 0. The van der Waals surface area contributed by atoms with E-state index in [4.69, 9.17) is 21.7 Å². The molecule has 1 aliphatic rings. The van der Waals surface area contributed by atoms with Gasteiger partial charge in [-0.25, -0.2) is 8.42 Å².